The van der Waals surface area contributed by atoms with Crippen molar-refractivity contribution in [3.63, 3.8) is 0 Å². The van der Waals surface area contributed by atoms with Crippen LogP contribution >= 0.6 is 11.6 Å². The summed E-state index contributed by atoms with van der Waals surface area (Å²) in [5.74, 6) is 0.0588. The molecule has 1 aromatic carbocycles. The Morgan fingerprint density at radius 2 is 1.84 bits per heavy atom. The van der Waals surface area contributed by atoms with Crippen molar-refractivity contribution in [2.45, 2.75) is 12.8 Å². The lowest BCUT2D eigenvalue weighted by Crippen LogP contribution is -2.27. The van der Waals surface area contributed by atoms with Gasteiger partial charge in [-0.15, -0.1) is 10.2 Å². The van der Waals surface area contributed by atoms with Gasteiger partial charge in [0, 0.05) is 18.7 Å². The molecule has 1 fully saturated rings. The largest absolute Gasteiger partial charge is 0.339 e. The summed E-state index contributed by atoms with van der Waals surface area (Å²) in [7, 11) is 0. The molecule has 0 radical (unpaired) electrons. The molecule has 0 aliphatic carbocycles. The first kappa shape index (κ1) is 12.2. The van der Waals surface area contributed by atoms with Crippen LogP contribution in [0.2, 0.25) is 5.02 Å². The van der Waals surface area contributed by atoms with Crippen molar-refractivity contribution in [2.24, 2.45) is 0 Å². The summed E-state index contributed by atoms with van der Waals surface area (Å²) >= 11 is 6.15. The van der Waals surface area contributed by atoms with Crippen LogP contribution in [0.25, 0.3) is 5.69 Å². The SMILES string of the molecule is O=C(c1ccc(Cl)c(-n2cnnc2)c1)N1CCCC1. The lowest BCUT2D eigenvalue weighted by molar-refractivity contribution is 0.0793. The predicted octanol–water partition coefficient (Wildman–Crippen LogP) is 2.16. The minimum atomic E-state index is 0.0588. The summed E-state index contributed by atoms with van der Waals surface area (Å²) in [6.45, 7) is 1.67. The number of halogens is 1. The van der Waals surface area contributed by atoms with Crippen LogP contribution in [-0.2, 0) is 0 Å². The molecule has 1 aliphatic heterocycles. The first-order valence-electron chi connectivity index (χ1n) is 6.19. The number of nitrogens with zero attached hydrogens (tertiary/aromatic N) is 4. The van der Waals surface area contributed by atoms with Gasteiger partial charge in [0.05, 0.1) is 10.7 Å². The summed E-state index contributed by atoms with van der Waals surface area (Å²) in [5, 5.41) is 8.07. The van der Waals surface area contributed by atoms with Crippen molar-refractivity contribution in [1.29, 1.82) is 0 Å². The Kier molecular flexibility index (Phi) is 3.21. The minimum absolute atomic E-state index is 0.0588. The maximum atomic E-state index is 12.3. The molecule has 0 N–H and O–H groups in total. The van der Waals surface area contributed by atoms with Crippen LogP contribution in [0.5, 0.6) is 0 Å². The normalized spacial score (nSPS) is 14.9. The molecule has 0 bridgehead atoms. The van der Waals surface area contributed by atoms with Crippen molar-refractivity contribution >= 4 is 17.5 Å². The third-order valence-electron chi connectivity index (χ3n) is 3.28. The van der Waals surface area contributed by atoms with Crippen LogP contribution < -0.4 is 0 Å². The van der Waals surface area contributed by atoms with E-state index in [1.807, 2.05) is 4.90 Å². The minimum Gasteiger partial charge on any atom is -0.339 e. The molecule has 5 nitrogen and oxygen atoms in total. The second-order valence-electron chi connectivity index (χ2n) is 4.53. The third kappa shape index (κ3) is 2.33. The van der Waals surface area contributed by atoms with Crippen LogP contribution in [0.4, 0.5) is 0 Å². The molecule has 0 saturated carbocycles. The number of amides is 1. The average molecular weight is 277 g/mol. The molecule has 1 saturated heterocycles. The number of carbonyl (C=O) groups is 1. The molecular formula is C13H13ClN4O. The molecule has 1 aliphatic rings. The van der Waals surface area contributed by atoms with Gasteiger partial charge in [-0.3, -0.25) is 9.36 Å². The maximum absolute atomic E-state index is 12.3. The smallest absolute Gasteiger partial charge is 0.253 e. The van der Waals surface area contributed by atoms with E-state index in [0.29, 0.717) is 10.6 Å². The lowest BCUT2D eigenvalue weighted by atomic mass is 10.1. The Bertz CT molecular complexity index is 591. The summed E-state index contributed by atoms with van der Waals surface area (Å²) in [5.41, 5.74) is 1.37. The van der Waals surface area contributed by atoms with E-state index in [1.54, 1.807) is 35.4 Å². The number of hydrogen-bond donors (Lipinski definition) is 0. The van der Waals surface area contributed by atoms with Crippen molar-refractivity contribution in [2.75, 3.05) is 13.1 Å². The van der Waals surface area contributed by atoms with Crippen LogP contribution in [0.15, 0.2) is 30.9 Å². The first-order chi connectivity index (χ1) is 9.25. The maximum Gasteiger partial charge on any atom is 0.253 e. The molecule has 1 aromatic heterocycles. The molecule has 19 heavy (non-hydrogen) atoms. The van der Waals surface area contributed by atoms with Gasteiger partial charge in [-0.1, -0.05) is 11.6 Å². The summed E-state index contributed by atoms with van der Waals surface area (Å²) in [4.78, 5) is 14.2. The van der Waals surface area contributed by atoms with Gasteiger partial charge in [-0.2, -0.15) is 0 Å². The van der Waals surface area contributed by atoms with Gasteiger partial charge >= 0.3 is 0 Å². The molecule has 98 valence electrons. The topological polar surface area (TPSA) is 51.0 Å². The molecular weight excluding hydrogens is 264 g/mol. The Morgan fingerprint density at radius 1 is 1.16 bits per heavy atom. The average Bonchev–Trinajstić information content (AvgIpc) is 3.12. The summed E-state index contributed by atoms with van der Waals surface area (Å²) in [6.07, 6.45) is 5.28. The van der Waals surface area contributed by atoms with Crippen molar-refractivity contribution in [3.05, 3.63) is 41.4 Å². The van der Waals surface area contributed by atoms with Crippen molar-refractivity contribution in [3.8, 4) is 5.69 Å². The van der Waals surface area contributed by atoms with Crippen molar-refractivity contribution in [1.82, 2.24) is 19.7 Å². The number of benzene rings is 1. The third-order valence-corrected chi connectivity index (χ3v) is 3.60. The quantitative estimate of drug-likeness (QED) is 0.845. The summed E-state index contributed by atoms with van der Waals surface area (Å²) < 4.78 is 1.70. The van der Waals surface area contributed by atoms with E-state index < -0.39 is 0 Å². The predicted molar refractivity (Wildman–Crippen MR) is 71.5 cm³/mol. The number of likely N-dealkylation sites (tertiary alicyclic amines) is 1. The van der Waals surface area contributed by atoms with Crippen molar-refractivity contribution < 1.29 is 4.79 Å². The zero-order valence-corrected chi connectivity index (χ0v) is 11.0. The highest BCUT2D eigenvalue weighted by Gasteiger charge is 2.20. The second kappa shape index (κ2) is 5.01. The van der Waals surface area contributed by atoms with Gasteiger partial charge < -0.3 is 4.90 Å². The first-order valence-corrected chi connectivity index (χ1v) is 6.57. The molecule has 3 rings (SSSR count). The molecule has 2 heterocycles. The molecule has 2 aromatic rings. The standard InChI is InChI=1S/C13H13ClN4O/c14-11-4-3-10(13(19)17-5-1-2-6-17)7-12(11)18-8-15-16-9-18/h3-4,7-9H,1-2,5-6H2. The van der Waals surface area contributed by atoms with Crippen LogP contribution in [0.3, 0.4) is 0 Å². The van der Waals surface area contributed by atoms with E-state index >= 15 is 0 Å². The number of hydrogen-bond acceptors (Lipinski definition) is 3. The fourth-order valence-electron chi connectivity index (χ4n) is 2.27. The van der Waals surface area contributed by atoms with Gasteiger partial charge in [0.1, 0.15) is 12.7 Å². The number of rotatable bonds is 2. The summed E-state index contributed by atoms with van der Waals surface area (Å²) in [6, 6.07) is 5.28. The van der Waals surface area contributed by atoms with E-state index in [-0.39, 0.29) is 5.91 Å². The molecule has 6 heteroatoms. The zero-order valence-electron chi connectivity index (χ0n) is 10.3. The van der Waals surface area contributed by atoms with Crippen LogP contribution in [0, 0.1) is 0 Å². The van der Waals surface area contributed by atoms with E-state index in [2.05, 4.69) is 10.2 Å². The van der Waals surface area contributed by atoms with Gasteiger partial charge in [0.2, 0.25) is 0 Å². The van der Waals surface area contributed by atoms with E-state index in [0.717, 1.165) is 31.6 Å². The molecule has 0 unspecified atom stereocenters. The Balaban J connectivity index is 1.95. The van der Waals surface area contributed by atoms with E-state index in [4.69, 9.17) is 11.6 Å². The van der Waals surface area contributed by atoms with Crippen LogP contribution in [-0.4, -0.2) is 38.7 Å². The molecule has 0 spiro atoms. The zero-order chi connectivity index (χ0) is 13.2. The van der Waals surface area contributed by atoms with Crippen LogP contribution in [0.1, 0.15) is 23.2 Å². The molecule has 0 atom stereocenters. The lowest BCUT2D eigenvalue weighted by Gasteiger charge is -2.16. The Labute approximate surface area is 115 Å². The van der Waals surface area contributed by atoms with E-state index in [9.17, 15) is 4.79 Å². The second-order valence-corrected chi connectivity index (χ2v) is 4.94. The fraction of sp³-hybridized carbons (Fsp3) is 0.308. The number of carbonyl (C=O) groups excluding carboxylic acids is 1. The van der Waals surface area contributed by atoms with Gasteiger partial charge in [0.25, 0.3) is 5.91 Å². The monoisotopic (exact) mass is 276 g/mol. The highest BCUT2D eigenvalue weighted by molar-refractivity contribution is 6.32. The van der Waals surface area contributed by atoms with Gasteiger partial charge in [-0.25, -0.2) is 0 Å². The van der Waals surface area contributed by atoms with Gasteiger partial charge in [-0.05, 0) is 31.0 Å². The highest BCUT2D eigenvalue weighted by atomic mass is 35.5. The fourth-order valence-corrected chi connectivity index (χ4v) is 2.49. The van der Waals surface area contributed by atoms with E-state index in [1.165, 1.54) is 0 Å². The Morgan fingerprint density at radius 3 is 2.53 bits per heavy atom. The number of aromatic nitrogens is 3. The molecule has 1 amide bonds. The Hall–Kier alpha value is -1.88. The highest BCUT2D eigenvalue weighted by Crippen LogP contribution is 2.23. The van der Waals surface area contributed by atoms with Gasteiger partial charge in [0.15, 0.2) is 0 Å².